The Bertz CT molecular complexity index is 439. The van der Waals surface area contributed by atoms with Gasteiger partial charge >= 0.3 is 5.97 Å². The average Bonchev–Trinajstić information content (AvgIpc) is 2.93. The van der Waals surface area contributed by atoms with E-state index in [1.807, 2.05) is 23.3 Å². The van der Waals surface area contributed by atoms with E-state index in [1.54, 1.807) is 6.92 Å². The summed E-state index contributed by atoms with van der Waals surface area (Å²) in [6, 6.07) is 0. The third-order valence-corrected chi connectivity index (χ3v) is 4.46. The average molecular weight is 269 g/mol. The van der Waals surface area contributed by atoms with Crippen LogP contribution in [0, 0.1) is 6.92 Å². The number of ether oxygens (including phenoxy) is 1. The number of aryl methyl sites for hydroxylation is 1. The lowest BCUT2D eigenvalue weighted by atomic mass is 10.2. The Morgan fingerprint density at radius 2 is 2.44 bits per heavy atom. The van der Waals surface area contributed by atoms with E-state index < -0.39 is 5.97 Å². The van der Waals surface area contributed by atoms with Crippen molar-refractivity contribution in [1.29, 1.82) is 0 Å². The number of imidazole rings is 1. The lowest BCUT2D eigenvalue weighted by molar-refractivity contribution is 0.0521. The minimum atomic E-state index is -0.434. The number of rotatable bonds is 4. The SMILES string of the molecule is CCOC(=O)c1nc(C)n(CC2CCCS2)c1N. The molecule has 0 aliphatic carbocycles. The van der Waals surface area contributed by atoms with Crippen LogP contribution < -0.4 is 5.73 Å². The second kappa shape index (κ2) is 5.65. The lowest BCUT2D eigenvalue weighted by Crippen LogP contribution is -2.15. The lowest BCUT2D eigenvalue weighted by Gasteiger charge is -2.12. The summed E-state index contributed by atoms with van der Waals surface area (Å²) < 4.78 is 6.87. The molecule has 18 heavy (non-hydrogen) atoms. The fourth-order valence-electron chi connectivity index (χ4n) is 2.15. The van der Waals surface area contributed by atoms with E-state index in [1.165, 1.54) is 18.6 Å². The van der Waals surface area contributed by atoms with Gasteiger partial charge < -0.3 is 15.0 Å². The minimum Gasteiger partial charge on any atom is -0.461 e. The smallest absolute Gasteiger partial charge is 0.360 e. The van der Waals surface area contributed by atoms with E-state index in [0.717, 1.165) is 12.4 Å². The third-order valence-electron chi connectivity index (χ3n) is 3.08. The molecule has 0 saturated carbocycles. The summed E-state index contributed by atoms with van der Waals surface area (Å²) in [5, 5.41) is 0.579. The zero-order valence-corrected chi connectivity index (χ0v) is 11.6. The molecule has 1 aromatic heterocycles. The van der Waals surface area contributed by atoms with Crippen molar-refractivity contribution in [1.82, 2.24) is 9.55 Å². The standard InChI is InChI=1S/C12H19N3O2S/c1-3-17-12(16)10-11(13)15(8(2)14-10)7-9-5-4-6-18-9/h9H,3-7,13H2,1-2H3. The Morgan fingerprint density at radius 1 is 1.67 bits per heavy atom. The van der Waals surface area contributed by atoms with Crippen LogP contribution in [0.15, 0.2) is 0 Å². The molecule has 0 bridgehead atoms. The third kappa shape index (κ3) is 2.63. The summed E-state index contributed by atoms with van der Waals surface area (Å²) in [4.78, 5) is 15.9. The second-order valence-electron chi connectivity index (χ2n) is 4.36. The molecule has 1 aliphatic rings. The van der Waals surface area contributed by atoms with Crippen LogP contribution in [-0.2, 0) is 11.3 Å². The van der Waals surface area contributed by atoms with E-state index in [-0.39, 0.29) is 5.69 Å². The predicted molar refractivity (Wildman–Crippen MR) is 72.8 cm³/mol. The van der Waals surface area contributed by atoms with E-state index >= 15 is 0 Å². The van der Waals surface area contributed by atoms with E-state index in [4.69, 9.17) is 10.5 Å². The van der Waals surface area contributed by atoms with Crippen LogP contribution >= 0.6 is 11.8 Å². The van der Waals surface area contributed by atoms with Gasteiger partial charge in [0.2, 0.25) is 0 Å². The number of esters is 1. The van der Waals surface area contributed by atoms with Crippen molar-refractivity contribution in [3.05, 3.63) is 11.5 Å². The molecular weight excluding hydrogens is 250 g/mol. The van der Waals surface area contributed by atoms with Gasteiger partial charge in [0.05, 0.1) is 6.61 Å². The molecule has 1 aliphatic heterocycles. The monoisotopic (exact) mass is 269 g/mol. The van der Waals surface area contributed by atoms with Gasteiger partial charge in [0.25, 0.3) is 0 Å². The number of anilines is 1. The molecule has 2 N–H and O–H groups in total. The molecule has 1 aromatic rings. The van der Waals surface area contributed by atoms with Gasteiger partial charge in [0.15, 0.2) is 5.69 Å². The Balaban J connectivity index is 2.17. The molecule has 2 rings (SSSR count). The molecule has 6 heteroatoms. The molecule has 0 amide bonds. The van der Waals surface area contributed by atoms with Gasteiger partial charge in [0.1, 0.15) is 11.6 Å². The summed E-state index contributed by atoms with van der Waals surface area (Å²) in [5.74, 6) is 1.99. The maximum absolute atomic E-state index is 11.7. The molecular formula is C12H19N3O2S. The molecule has 2 heterocycles. The minimum absolute atomic E-state index is 0.248. The Labute approximate surface area is 111 Å². The van der Waals surface area contributed by atoms with Crippen molar-refractivity contribution in [2.75, 3.05) is 18.1 Å². The first-order chi connectivity index (χ1) is 8.63. The Hall–Kier alpha value is -1.17. The maximum atomic E-state index is 11.7. The highest BCUT2D eigenvalue weighted by Gasteiger charge is 2.23. The summed E-state index contributed by atoms with van der Waals surface area (Å²) in [6.45, 7) is 4.81. The van der Waals surface area contributed by atoms with Crippen molar-refractivity contribution in [2.24, 2.45) is 0 Å². The molecule has 5 nitrogen and oxygen atoms in total. The van der Waals surface area contributed by atoms with Crippen LogP contribution in [0.3, 0.4) is 0 Å². The van der Waals surface area contributed by atoms with Crippen molar-refractivity contribution >= 4 is 23.5 Å². The summed E-state index contributed by atoms with van der Waals surface area (Å²) in [5.41, 5.74) is 6.25. The fourth-order valence-corrected chi connectivity index (χ4v) is 3.41. The van der Waals surface area contributed by atoms with Gasteiger partial charge in [-0.2, -0.15) is 11.8 Å². The van der Waals surface area contributed by atoms with E-state index in [2.05, 4.69) is 4.98 Å². The number of hydrogen-bond donors (Lipinski definition) is 1. The highest BCUT2D eigenvalue weighted by molar-refractivity contribution is 8.00. The summed E-state index contributed by atoms with van der Waals surface area (Å²) in [7, 11) is 0. The first kappa shape index (κ1) is 13.3. The number of hydrogen-bond acceptors (Lipinski definition) is 5. The molecule has 1 saturated heterocycles. The summed E-state index contributed by atoms with van der Waals surface area (Å²) >= 11 is 1.96. The quantitative estimate of drug-likeness (QED) is 0.845. The Kier molecular flexibility index (Phi) is 4.16. The number of thioether (sulfide) groups is 1. The first-order valence-electron chi connectivity index (χ1n) is 6.24. The number of carbonyl (C=O) groups excluding carboxylic acids is 1. The zero-order valence-electron chi connectivity index (χ0n) is 10.8. The predicted octanol–water partition coefficient (Wildman–Crippen LogP) is 1.85. The summed E-state index contributed by atoms with van der Waals surface area (Å²) in [6.07, 6.45) is 2.46. The largest absolute Gasteiger partial charge is 0.461 e. The second-order valence-corrected chi connectivity index (χ2v) is 5.77. The molecule has 100 valence electrons. The van der Waals surface area contributed by atoms with Crippen LogP contribution in [0.2, 0.25) is 0 Å². The zero-order chi connectivity index (χ0) is 13.1. The number of nitrogens with two attached hydrogens (primary N) is 1. The first-order valence-corrected chi connectivity index (χ1v) is 7.29. The van der Waals surface area contributed by atoms with Crippen molar-refractivity contribution in [2.45, 2.75) is 38.5 Å². The molecule has 0 spiro atoms. The number of carbonyl (C=O) groups is 1. The molecule has 0 aromatic carbocycles. The molecule has 0 radical (unpaired) electrons. The van der Waals surface area contributed by atoms with Crippen LogP contribution in [-0.4, -0.2) is 33.1 Å². The topological polar surface area (TPSA) is 70.1 Å². The van der Waals surface area contributed by atoms with Gasteiger partial charge in [-0.15, -0.1) is 0 Å². The highest BCUT2D eigenvalue weighted by atomic mass is 32.2. The van der Waals surface area contributed by atoms with Gasteiger partial charge in [-0.3, -0.25) is 0 Å². The van der Waals surface area contributed by atoms with Crippen LogP contribution in [0.25, 0.3) is 0 Å². The van der Waals surface area contributed by atoms with Crippen molar-refractivity contribution in [3.63, 3.8) is 0 Å². The van der Waals surface area contributed by atoms with E-state index in [9.17, 15) is 4.79 Å². The normalized spacial score (nSPS) is 19.1. The van der Waals surface area contributed by atoms with Gasteiger partial charge in [0, 0.05) is 11.8 Å². The number of nitrogen functional groups attached to an aromatic ring is 1. The van der Waals surface area contributed by atoms with Crippen LogP contribution in [0.4, 0.5) is 5.82 Å². The van der Waals surface area contributed by atoms with Gasteiger partial charge in [-0.1, -0.05) is 0 Å². The van der Waals surface area contributed by atoms with Crippen molar-refractivity contribution < 1.29 is 9.53 Å². The Morgan fingerprint density at radius 3 is 3.06 bits per heavy atom. The van der Waals surface area contributed by atoms with Gasteiger partial charge in [-0.05, 0) is 32.4 Å². The van der Waals surface area contributed by atoms with Crippen LogP contribution in [0.5, 0.6) is 0 Å². The fraction of sp³-hybridized carbons (Fsp3) is 0.667. The highest BCUT2D eigenvalue weighted by Crippen LogP contribution is 2.29. The van der Waals surface area contributed by atoms with Crippen LogP contribution in [0.1, 0.15) is 36.1 Å². The van der Waals surface area contributed by atoms with E-state index in [0.29, 0.717) is 17.7 Å². The van der Waals surface area contributed by atoms with Crippen molar-refractivity contribution in [3.8, 4) is 0 Å². The molecule has 1 fully saturated rings. The number of aromatic nitrogens is 2. The molecule has 1 unspecified atom stereocenters. The maximum Gasteiger partial charge on any atom is 0.360 e. The number of nitrogens with zero attached hydrogens (tertiary/aromatic N) is 2. The molecule has 1 atom stereocenters. The van der Waals surface area contributed by atoms with Gasteiger partial charge in [-0.25, -0.2) is 9.78 Å².